The van der Waals surface area contributed by atoms with Crippen LogP contribution >= 0.6 is 11.3 Å². The average Bonchev–Trinajstić information content (AvgIpc) is 3.00. The monoisotopic (exact) mass is 292 g/mol. The largest absolute Gasteiger partial charge is 0.279 e. The molecule has 4 nitrogen and oxygen atoms in total. The number of fused-ring (bicyclic) bond motifs is 1. The molecule has 2 amide bonds. The molecule has 1 fully saturated rings. The number of hydrogen-bond acceptors (Lipinski definition) is 3. The highest BCUT2D eigenvalue weighted by Crippen LogP contribution is 2.37. The van der Waals surface area contributed by atoms with E-state index < -0.39 is 0 Å². The molecule has 0 aliphatic heterocycles. The number of aryl methyl sites for hydroxylation is 1. The minimum Gasteiger partial charge on any atom is -0.273 e. The van der Waals surface area contributed by atoms with Crippen LogP contribution in [-0.4, -0.2) is 11.8 Å². The van der Waals surface area contributed by atoms with Crippen LogP contribution in [0.25, 0.3) is 0 Å². The molecule has 0 saturated heterocycles. The summed E-state index contributed by atoms with van der Waals surface area (Å²) >= 11 is 1.56. The molecule has 2 N–H and O–H groups in total. The van der Waals surface area contributed by atoms with Crippen LogP contribution in [0.15, 0.2) is 6.07 Å². The van der Waals surface area contributed by atoms with E-state index in [2.05, 4.69) is 17.8 Å². The van der Waals surface area contributed by atoms with E-state index in [0.717, 1.165) is 19.3 Å². The van der Waals surface area contributed by atoms with Gasteiger partial charge in [0, 0.05) is 10.8 Å². The Hall–Kier alpha value is -1.36. The lowest BCUT2D eigenvalue weighted by molar-refractivity contribution is -0.123. The van der Waals surface area contributed by atoms with Gasteiger partial charge in [0.1, 0.15) is 0 Å². The smallest absolute Gasteiger partial charge is 0.273 e. The maximum Gasteiger partial charge on any atom is 0.279 e. The summed E-state index contributed by atoms with van der Waals surface area (Å²) in [6, 6.07) is 1.98. The highest BCUT2D eigenvalue weighted by molar-refractivity contribution is 7.14. The first-order valence-corrected chi connectivity index (χ1v) is 8.08. The molecule has 0 aromatic carbocycles. The number of hydrogen-bond donors (Lipinski definition) is 2. The summed E-state index contributed by atoms with van der Waals surface area (Å²) in [6.45, 7) is 4.29. The van der Waals surface area contributed by atoms with E-state index >= 15 is 0 Å². The van der Waals surface area contributed by atoms with Crippen LogP contribution in [0.3, 0.4) is 0 Å². The van der Waals surface area contributed by atoms with Crippen molar-refractivity contribution in [1.82, 2.24) is 10.9 Å². The third-order valence-corrected chi connectivity index (χ3v) is 5.53. The first-order valence-electron chi connectivity index (χ1n) is 7.26. The van der Waals surface area contributed by atoms with Gasteiger partial charge in [-0.25, -0.2) is 0 Å². The number of hydrazine groups is 1. The van der Waals surface area contributed by atoms with Crippen LogP contribution < -0.4 is 10.9 Å². The Kier molecular flexibility index (Phi) is 3.54. The van der Waals surface area contributed by atoms with Crippen molar-refractivity contribution in [1.29, 1.82) is 0 Å². The Labute approximate surface area is 122 Å². The molecule has 1 saturated carbocycles. The molecule has 2 aliphatic rings. The maximum absolute atomic E-state index is 12.1. The molecule has 20 heavy (non-hydrogen) atoms. The zero-order valence-corrected chi connectivity index (χ0v) is 12.7. The second kappa shape index (κ2) is 5.20. The minimum absolute atomic E-state index is 0.0687. The molecular formula is C15H20N2O2S. The summed E-state index contributed by atoms with van der Waals surface area (Å²) < 4.78 is 0. The maximum atomic E-state index is 12.1. The van der Waals surface area contributed by atoms with Crippen molar-refractivity contribution in [2.75, 3.05) is 0 Å². The Morgan fingerprint density at radius 3 is 2.75 bits per heavy atom. The Morgan fingerprint density at radius 2 is 2.05 bits per heavy atom. The topological polar surface area (TPSA) is 58.2 Å². The van der Waals surface area contributed by atoms with Crippen molar-refractivity contribution >= 4 is 23.2 Å². The van der Waals surface area contributed by atoms with Crippen LogP contribution in [0.1, 0.15) is 46.8 Å². The molecular weight excluding hydrogens is 272 g/mol. The van der Waals surface area contributed by atoms with Gasteiger partial charge >= 0.3 is 0 Å². The molecule has 0 radical (unpaired) electrons. The normalized spacial score (nSPS) is 27.6. The number of carbonyl (C=O) groups excluding carboxylic acids is 2. The van der Waals surface area contributed by atoms with Gasteiger partial charge in [0.15, 0.2) is 0 Å². The van der Waals surface area contributed by atoms with Gasteiger partial charge in [0.25, 0.3) is 5.91 Å². The zero-order chi connectivity index (χ0) is 14.3. The van der Waals surface area contributed by atoms with E-state index in [9.17, 15) is 9.59 Å². The minimum atomic E-state index is -0.196. The number of carbonyl (C=O) groups is 2. The first kappa shape index (κ1) is 13.6. The van der Waals surface area contributed by atoms with E-state index in [1.807, 2.05) is 13.0 Å². The first-order chi connectivity index (χ1) is 9.54. The van der Waals surface area contributed by atoms with Gasteiger partial charge in [-0.3, -0.25) is 20.4 Å². The predicted octanol–water partition coefficient (Wildman–Crippen LogP) is 2.29. The molecule has 1 aromatic rings. The molecule has 1 aromatic heterocycles. The number of rotatable bonds is 2. The van der Waals surface area contributed by atoms with E-state index in [1.54, 1.807) is 11.3 Å². The lowest BCUT2D eigenvalue weighted by Crippen LogP contribution is -2.42. The van der Waals surface area contributed by atoms with Gasteiger partial charge in [-0.15, -0.1) is 11.3 Å². The molecule has 0 spiro atoms. The van der Waals surface area contributed by atoms with Crippen LogP contribution in [0, 0.1) is 17.8 Å². The number of amides is 2. The third-order valence-electron chi connectivity index (χ3n) is 4.30. The lowest BCUT2D eigenvalue weighted by atomic mass is 9.90. The highest BCUT2D eigenvalue weighted by Gasteiger charge is 2.39. The summed E-state index contributed by atoms with van der Waals surface area (Å²) in [5, 5.41) is 0. The van der Waals surface area contributed by atoms with Gasteiger partial charge in [0.2, 0.25) is 5.91 Å². The fraction of sp³-hybridized carbons (Fsp3) is 0.600. The van der Waals surface area contributed by atoms with Crippen molar-refractivity contribution in [3.05, 3.63) is 21.4 Å². The second-order valence-corrected chi connectivity index (χ2v) is 7.31. The van der Waals surface area contributed by atoms with E-state index in [1.165, 1.54) is 16.9 Å². The lowest BCUT2D eigenvalue weighted by Gasteiger charge is -2.16. The van der Waals surface area contributed by atoms with Crippen molar-refractivity contribution in [2.24, 2.45) is 17.8 Å². The molecule has 1 heterocycles. The van der Waals surface area contributed by atoms with Crippen molar-refractivity contribution < 1.29 is 9.59 Å². The SMILES string of the molecule is C[C@@H]1CCc2sc(C(=O)NNC(=O)[C@@H]3C[C@H]3C)cc2C1. The molecule has 3 atom stereocenters. The third kappa shape index (κ3) is 2.73. The summed E-state index contributed by atoms with van der Waals surface area (Å²) in [5.41, 5.74) is 6.37. The van der Waals surface area contributed by atoms with Gasteiger partial charge in [-0.05, 0) is 49.1 Å². The summed E-state index contributed by atoms with van der Waals surface area (Å²) in [4.78, 5) is 25.8. The standard InChI is InChI=1S/C15H20N2O2S/c1-8-3-4-12-10(5-8)7-13(20-12)15(19)17-16-14(18)11-6-9(11)2/h7-9,11H,3-6H2,1-2H3,(H,16,18)(H,17,19)/t8-,9-,11-/m1/s1. The van der Waals surface area contributed by atoms with Crippen molar-refractivity contribution in [2.45, 2.75) is 39.5 Å². The van der Waals surface area contributed by atoms with Crippen LogP contribution in [-0.2, 0) is 17.6 Å². The molecule has 2 aliphatic carbocycles. The fourth-order valence-electron chi connectivity index (χ4n) is 2.78. The Morgan fingerprint density at radius 1 is 1.30 bits per heavy atom. The van der Waals surface area contributed by atoms with Crippen LogP contribution in [0.2, 0.25) is 0 Å². The van der Waals surface area contributed by atoms with Gasteiger partial charge in [-0.1, -0.05) is 13.8 Å². The summed E-state index contributed by atoms with van der Waals surface area (Å²) in [5.74, 6) is 0.957. The molecule has 3 rings (SSSR count). The average molecular weight is 292 g/mol. The molecule has 0 bridgehead atoms. The fourth-order valence-corrected chi connectivity index (χ4v) is 3.88. The van der Waals surface area contributed by atoms with Crippen LogP contribution in [0.4, 0.5) is 0 Å². The zero-order valence-electron chi connectivity index (χ0n) is 11.9. The Bertz CT molecular complexity index is 552. The quantitative estimate of drug-likeness (QED) is 0.822. The van der Waals surface area contributed by atoms with Crippen molar-refractivity contribution in [3.8, 4) is 0 Å². The highest BCUT2D eigenvalue weighted by atomic mass is 32.1. The van der Waals surface area contributed by atoms with Crippen LogP contribution in [0.5, 0.6) is 0 Å². The molecule has 108 valence electrons. The van der Waals surface area contributed by atoms with E-state index in [0.29, 0.717) is 16.7 Å². The Balaban J connectivity index is 1.59. The van der Waals surface area contributed by atoms with Gasteiger partial charge < -0.3 is 0 Å². The second-order valence-electron chi connectivity index (χ2n) is 6.17. The summed E-state index contributed by atoms with van der Waals surface area (Å²) in [7, 11) is 0. The number of thiophene rings is 1. The summed E-state index contributed by atoms with van der Waals surface area (Å²) in [6.07, 6.45) is 4.25. The van der Waals surface area contributed by atoms with Gasteiger partial charge in [0.05, 0.1) is 4.88 Å². The van der Waals surface area contributed by atoms with E-state index in [-0.39, 0.29) is 17.7 Å². The van der Waals surface area contributed by atoms with Gasteiger partial charge in [-0.2, -0.15) is 0 Å². The number of nitrogens with one attached hydrogen (secondary N) is 2. The van der Waals surface area contributed by atoms with Crippen molar-refractivity contribution in [3.63, 3.8) is 0 Å². The molecule has 0 unspecified atom stereocenters. The molecule has 5 heteroatoms. The predicted molar refractivity (Wildman–Crippen MR) is 78.4 cm³/mol. The van der Waals surface area contributed by atoms with E-state index in [4.69, 9.17) is 0 Å².